The third-order valence-electron chi connectivity index (χ3n) is 6.27. The number of carbonyl (C=O) groups is 5. The third-order valence-corrected chi connectivity index (χ3v) is 6.27. The smallest absolute Gasteiger partial charge is 0.333 e. The van der Waals surface area contributed by atoms with Crippen LogP contribution >= 0.6 is 0 Å². The standard InChI is InChI=1S/C32H42N2O8/c1-22(2)17-18-32(29(38)40-20-23-13-9-7-10-14-23,30(39)41-21-24-15-11-8-12-16-24)28(37)34-25(27(36)33-6)19-26(35)42-31(3,4)5/h7-16,22,25H,17-21H2,1-6H3,(H,33,36)(H,34,37)/t25-/m0/s1. The second kappa shape index (κ2) is 15.7. The van der Waals surface area contributed by atoms with E-state index in [0.29, 0.717) is 11.1 Å². The van der Waals surface area contributed by atoms with E-state index >= 15 is 0 Å². The highest BCUT2D eigenvalue weighted by Gasteiger charge is 2.56. The number of hydrogen-bond acceptors (Lipinski definition) is 8. The van der Waals surface area contributed by atoms with Crippen LogP contribution in [0.3, 0.4) is 0 Å². The van der Waals surface area contributed by atoms with Gasteiger partial charge in [0.25, 0.3) is 0 Å². The van der Waals surface area contributed by atoms with Crippen molar-refractivity contribution in [2.45, 2.75) is 78.7 Å². The van der Waals surface area contributed by atoms with Gasteiger partial charge in [0, 0.05) is 7.05 Å². The Morgan fingerprint density at radius 3 is 1.67 bits per heavy atom. The first-order valence-corrected chi connectivity index (χ1v) is 13.9. The molecule has 0 aliphatic carbocycles. The molecule has 2 aromatic carbocycles. The number of benzene rings is 2. The summed E-state index contributed by atoms with van der Waals surface area (Å²) >= 11 is 0. The van der Waals surface area contributed by atoms with Crippen LogP contribution in [0.2, 0.25) is 0 Å². The molecule has 0 aliphatic rings. The lowest BCUT2D eigenvalue weighted by Crippen LogP contribution is -2.58. The first kappa shape index (κ1) is 34.0. The van der Waals surface area contributed by atoms with Crippen LogP contribution in [0.4, 0.5) is 0 Å². The van der Waals surface area contributed by atoms with Crippen molar-refractivity contribution in [2.24, 2.45) is 11.3 Å². The van der Waals surface area contributed by atoms with Crippen LogP contribution in [-0.4, -0.2) is 48.4 Å². The van der Waals surface area contributed by atoms with Crippen molar-refractivity contribution in [1.82, 2.24) is 10.6 Å². The molecule has 0 saturated heterocycles. The third kappa shape index (κ3) is 10.3. The predicted octanol–water partition coefficient (Wildman–Crippen LogP) is 3.86. The summed E-state index contributed by atoms with van der Waals surface area (Å²) in [7, 11) is 1.34. The topological polar surface area (TPSA) is 137 Å². The van der Waals surface area contributed by atoms with Gasteiger partial charge >= 0.3 is 17.9 Å². The van der Waals surface area contributed by atoms with Gasteiger partial charge in [-0.3, -0.25) is 24.0 Å². The quantitative estimate of drug-likeness (QED) is 0.195. The molecular weight excluding hydrogens is 540 g/mol. The van der Waals surface area contributed by atoms with Crippen molar-refractivity contribution in [3.8, 4) is 0 Å². The minimum Gasteiger partial charge on any atom is -0.460 e. The average molecular weight is 583 g/mol. The van der Waals surface area contributed by atoms with E-state index in [-0.39, 0.29) is 32.0 Å². The molecule has 2 rings (SSSR count). The Bertz CT molecular complexity index is 1150. The Balaban J connectivity index is 2.47. The molecule has 2 N–H and O–H groups in total. The normalized spacial score (nSPS) is 12.2. The molecule has 10 heteroatoms. The maximum atomic E-state index is 14.0. The molecule has 2 aromatic rings. The number of carbonyl (C=O) groups excluding carboxylic acids is 5. The van der Waals surface area contributed by atoms with Crippen LogP contribution in [0.25, 0.3) is 0 Å². The van der Waals surface area contributed by atoms with Gasteiger partial charge in [-0.15, -0.1) is 0 Å². The SMILES string of the molecule is CNC(=O)[C@H](CC(=O)OC(C)(C)C)NC(=O)C(CCC(C)C)(C(=O)OCc1ccccc1)C(=O)OCc1ccccc1. The van der Waals surface area contributed by atoms with Gasteiger partial charge in [0.05, 0.1) is 6.42 Å². The molecule has 0 unspecified atom stereocenters. The van der Waals surface area contributed by atoms with Gasteiger partial charge < -0.3 is 24.8 Å². The zero-order valence-electron chi connectivity index (χ0n) is 25.2. The maximum absolute atomic E-state index is 14.0. The summed E-state index contributed by atoms with van der Waals surface area (Å²) in [5.41, 5.74) is -1.99. The molecule has 228 valence electrons. The molecule has 2 amide bonds. The monoisotopic (exact) mass is 582 g/mol. The van der Waals surface area contributed by atoms with E-state index in [9.17, 15) is 24.0 Å². The number of ether oxygens (including phenoxy) is 3. The van der Waals surface area contributed by atoms with Crippen LogP contribution < -0.4 is 10.6 Å². The molecule has 0 spiro atoms. The van der Waals surface area contributed by atoms with Gasteiger partial charge in [-0.1, -0.05) is 74.5 Å². The Morgan fingerprint density at radius 2 is 1.26 bits per heavy atom. The molecule has 1 atom stereocenters. The fourth-order valence-electron chi connectivity index (χ4n) is 4.00. The van der Waals surface area contributed by atoms with Gasteiger partial charge in [0.1, 0.15) is 24.9 Å². The number of likely N-dealkylation sites (N-methyl/N-ethyl adjacent to an activating group) is 1. The molecule has 0 bridgehead atoms. The highest BCUT2D eigenvalue weighted by Crippen LogP contribution is 2.32. The van der Waals surface area contributed by atoms with Crippen LogP contribution in [0.5, 0.6) is 0 Å². The highest BCUT2D eigenvalue weighted by atomic mass is 16.6. The Morgan fingerprint density at radius 1 is 0.786 bits per heavy atom. The van der Waals surface area contributed by atoms with Gasteiger partial charge in [0.15, 0.2) is 0 Å². The summed E-state index contributed by atoms with van der Waals surface area (Å²) in [6.07, 6.45) is -0.489. The zero-order valence-corrected chi connectivity index (χ0v) is 25.2. The minimum absolute atomic E-state index is 0.00229. The summed E-state index contributed by atoms with van der Waals surface area (Å²) in [6, 6.07) is 16.2. The average Bonchev–Trinajstić information content (AvgIpc) is 2.94. The number of nitrogens with one attached hydrogen (secondary N) is 2. The lowest BCUT2D eigenvalue weighted by atomic mass is 9.79. The van der Waals surface area contributed by atoms with Crippen LogP contribution in [-0.2, 0) is 51.4 Å². The van der Waals surface area contributed by atoms with Gasteiger partial charge in [-0.2, -0.15) is 0 Å². The first-order chi connectivity index (χ1) is 19.8. The van der Waals surface area contributed by atoms with E-state index in [2.05, 4.69) is 10.6 Å². The van der Waals surface area contributed by atoms with Crippen molar-refractivity contribution in [3.63, 3.8) is 0 Å². The Hall–Kier alpha value is -4.21. The summed E-state index contributed by atoms with van der Waals surface area (Å²) in [4.78, 5) is 67.0. The predicted molar refractivity (Wildman–Crippen MR) is 155 cm³/mol. The number of amides is 2. The van der Waals surface area contributed by atoms with E-state index in [4.69, 9.17) is 14.2 Å². The summed E-state index contributed by atoms with van der Waals surface area (Å²) in [5.74, 6) is -4.79. The van der Waals surface area contributed by atoms with Crippen molar-refractivity contribution in [1.29, 1.82) is 0 Å². The lowest BCUT2D eigenvalue weighted by molar-refractivity contribution is -0.178. The molecule has 0 heterocycles. The summed E-state index contributed by atoms with van der Waals surface area (Å²) < 4.78 is 16.4. The highest BCUT2D eigenvalue weighted by molar-refractivity contribution is 6.20. The van der Waals surface area contributed by atoms with Gasteiger partial charge in [-0.25, -0.2) is 0 Å². The molecule has 0 fully saturated rings. The fourth-order valence-corrected chi connectivity index (χ4v) is 4.00. The number of hydrogen-bond donors (Lipinski definition) is 2. The Kier molecular flexibility index (Phi) is 12.7. The lowest BCUT2D eigenvalue weighted by Gasteiger charge is -2.31. The number of esters is 3. The van der Waals surface area contributed by atoms with Crippen molar-refractivity contribution >= 4 is 29.7 Å². The van der Waals surface area contributed by atoms with E-state index in [1.54, 1.807) is 81.4 Å². The van der Waals surface area contributed by atoms with E-state index in [0.717, 1.165) is 0 Å². The van der Waals surface area contributed by atoms with Crippen molar-refractivity contribution in [3.05, 3.63) is 71.8 Å². The van der Waals surface area contributed by atoms with Crippen LogP contribution in [0, 0.1) is 11.3 Å². The summed E-state index contributed by atoms with van der Waals surface area (Å²) in [5, 5.41) is 4.85. The largest absolute Gasteiger partial charge is 0.460 e. The Labute approximate surface area is 247 Å². The maximum Gasteiger partial charge on any atom is 0.333 e. The second-order valence-corrected chi connectivity index (χ2v) is 11.4. The van der Waals surface area contributed by atoms with E-state index in [1.807, 2.05) is 13.8 Å². The molecule has 42 heavy (non-hydrogen) atoms. The molecular formula is C32H42N2O8. The minimum atomic E-state index is -2.45. The second-order valence-electron chi connectivity index (χ2n) is 11.4. The molecule has 0 radical (unpaired) electrons. The first-order valence-electron chi connectivity index (χ1n) is 13.9. The molecule has 10 nitrogen and oxygen atoms in total. The van der Waals surface area contributed by atoms with Gasteiger partial charge in [-0.05, 0) is 50.7 Å². The van der Waals surface area contributed by atoms with Crippen LogP contribution in [0.1, 0.15) is 65.0 Å². The summed E-state index contributed by atoms with van der Waals surface area (Å²) in [6.45, 7) is 8.37. The molecule has 0 aliphatic heterocycles. The van der Waals surface area contributed by atoms with E-state index < -0.39 is 53.2 Å². The fraction of sp³-hybridized carbons (Fsp3) is 0.469. The van der Waals surface area contributed by atoms with E-state index in [1.165, 1.54) is 7.05 Å². The van der Waals surface area contributed by atoms with Crippen molar-refractivity contribution in [2.75, 3.05) is 7.05 Å². The van der Waals surface area contributed by atoms with Gasteiger partial charge in [0.2, 0.25) is 17.2 Å². The molecule has 0 aromatic heterocycles. The zero-order chi connectivity index (χ0) is 31.3. The van der Waals surface area contributed by atoms with Crippen LogP contribution in [0.15, 0.2) is 60.7 Å². The molecule has 0 saturated carbocycles. The van der Waals surface area contributed by atoms with Crippen molar-refractivity contribution < 1.29 is 38.2 Å². The number of rotatable bonds is 14.